The molecule has 0 bridgehead atoms. The minimum atomic E-state index is -1.19. The number of carboxylic acids is 1. The molecular formula is C24H20F2N2O3S. The van der Waals surface area contributed by atoms with Crippen LogP contribution in [0.15, 0.2) is 36.4 Å². The van der Waals surface area contributed by atoms with Crippen molar-refractivity contribution >= 4 is 17.3 Å². The van der Waals surface area contributed by atoms with Gasteiger partial charge in [-0.05, 0) is 48.6 Å². The normalized spacial score (nSPS) is 17.2. The maximum atomic E-state index is 12.8. The monoisotopic (exact) mass is 454 g/mol. The van der Waals surface area contributed by atoms with E-state index in [0.29, 0.717) is 17.0 Å². The third-order valence-electron chi connectivity index (χ3n) is 5.46. The van der Waals surface area contributed by atoms with Crippen LogP contribution in [0.4, 0.5) is 8.78 Å². The molecule has 1 N–H and O–H groups in total. The molecule has 1 aliphatic rings. The molecule has 0 radical (unpaired) electrons. The lowest BCUT2D eigenvalue weighted by Crippen LogP contribution is -2.21. The lowest BCUT2D eigenvalue weighted by Gasteiger charge is -2.14. The summed E-state index contributed by atoms with van der Waals surface area (Å²) in [6.45, 7) is 0.0720. The fraction of sp³-hybridized carbons (Fsp3) is 0.292. The van der Waals surface area contributed by atoms with E-state index in [9.17, 15) is 13.6 Å². The van der Waals surface area contributed by atoms with Crippen LogP contribution in [0.25, 0.3) is 21.1 Å². The van der Waals surface area contributed by atoms with E-state index in [4.69, 9.17) is 16.3 Å². The Balaban J connectivity index is 1.56. The number of nitrogens with zero attached hydrogens (tertiary/aromatic N) is 2. The molecule has 1 heterocycles. The number of aliphatic carboxylic acids is 1. The molecule has 1 aromatic heterocycles. The Morgan fingerprint density at radius 2 is 2.00 bits per heavy atom. The van der Waals surface area contributed by atoms with Crippen LogP contribution in [0, 0.1) is 25.2 Å². The number of alkyl halides is 2. The Hall–Kier alpha value is -3.31. The van der Waals surface area contributed by atoms with Gasteiger partial charge in [-0.25, -0.2) is 8.78 Å². The molecule has 32 heavy (non-hydrogen) atoms. The number of halogens is 2. The highest BCUT2D eigenvalue weighted by Gasteiger charge is 2.44. The van der Waals surface area contributed by atoms with Crippen LogP contribution in [0.3, 0.4) is 0 Å². The molecule has 1 saturated carbocycles. The first-order valence-electron chi connectivity index (χ1n) is 10.0. The standard InChI is InChI=1S/C24H20F2N2O3S/c1-3-14-9-16(5-7-21(14)31-17(11-25)12-26)22-27-28-23(32-22)18-6-4-15(8-13(18)2)19-10-20(19)24(29)30/h1,4-9,17,19-20H,10-12H2,2H3,(H,29,30). The Bertz CT molecular complexity index is 1200. The number of carbonyl (C=O) groups is 1. The van der Waals surface area contributed by atoms with Gasteiger partial charge in [-0.3, -0.25) is 4.79 Å². The summed E-state index contributed by atoms with van der Waals surface area (Å²) in [6.07, 6.45) is 5.04. The number of benzene rings is 2. The van der Waals surface area contributed by atoms with Crippen molar-refractivity contribution in [1.82, 2.24) is 10.2 Å². The van der Waals surface area contributed by atoms with E-state index in [-0.39, 0.29) is 17.6 Å². The third-order valence-corrected chi connectivity index (χ3v) is 6.47. The number of aryl methyl sites for hydroxylation is 1. The highest BCUT2D eigenvalue weighted by Crippen LogP contribution is 2.48. The van der Waals surface area contributed by atoms with Gasteiger partial charge in [0.2, 0.25) is 0 Å². The number of aromatic nitrogens is 2. The second kappa shape index (κ2) is 9.05. The van der Waals surface area contributed by atoms with Crippen LogP contribution in [-0.2, 0) is 4.79 Å². The zero-order valence-electron chi connectivity index (χ0n) is 17.2. The summed E-state index contributed by atoms with van der Waals surface area (Å²) in [7, 11) is 0. The second-order valence-electron chi connectivity index (χ2n) is 7.68. The Morgan fingerprint density at radius 3 is 2.62 bits per heavy atom. The van der Waals surface area contributed by atoms with Crippen molar-refractivity contribution in [1.29, 1.82) is 0 Å². The Morgan fingerprint density at radius 1 is 1.25 bits per heavy atom. The first kappa shape index (κ1) is 21.9. The molecule has 3 aromatic rings. The summed E-state index contributed by atoms with van der Waals surface area (Å²) < 4.78 is 30.9. The number of rotatable bonds is 8. The van der Waals surface area contributed by atoms with Gasteiger partial charge in [0.25, 0.3) is 0 Å². The molecule has 164 valence electrons. The minimum absolute atomic E-state index is 0.0718. The van der Waals surface area contributed by atoms with Gasteiger partial charge in [0.05, 0.1) is 11.5 Å². The van der Waals surface area contributed by atoms with Gasteiger partial charge >= 0.3 is 5.97 Å². The largest absolute Gasteiger partial charge is 0.484 e. The van der Waals surface area contributed by atoms with Crippen LogP contribution in [0.5, 0.6) is 5.75 Å². The fourth-order valence-electron chi connectivity index (χ4n) is 3.60. The summed E-state index contributed by atoms with van der Waals surface area (Å²) in [6, 6.07) is 10.9. The summed E-state index contributed by atoms with van der Waals surface area (Å²) >= 11 is 1.39. The van der Waals surface area contributed by atoms with Crippen LogP contribution in [-0.4, -0.2) is 40.7 Å². The molecule has 8 heteroatoms. The average molecular weight is 454 g/mol. The average Bonchev–Trinajstić information content (AvgIpc) is 3.47. The van der Waals surface area contributed by atoms with Gasteiger partial charge in [-0.2, -0.15) is 0 Å². The van der Waals surface area contributed by atoms with Crippen molar-refractivity contribution in [2.75, 3.05) is 13.3 Å². The maximum absolute atomic E-state index is 12.8. The SMILES string of the molecule is C#Cc1cc(-c2nnc(-c3ccc(C4CC4C(=O)O)cc3C)s2)ccc1OC(CF)CF. The van der Waals surface area contributed by atoms with E-state index in [1.54, 1.807) is 18.2 Å². The van der Waals surface area contributed by atoms with Crippen LogP contribution >= 0.6 is 11.3 Å². The van der Waals surface area contributed by atoms with Crippen molar-refractivity contribution in [3.8, 4) is 39.2 Å². The van der Waals surface area contributed by atoms with Crippen molar-refractivity contribution in [2.45, 2.75) is 25.4 Å². The highest BCUT2D eigenvalue weighted by atomic mass is 32.1. The summed E-state index contributed by atoms with van der Waals surface area (Å²) in [4.78, 5) is 11.1. The van der Waals surface area contributed by atoms with Gasteiger partial charge in [-0.1, -0.05) is 35.5 Å². The quantitative estimate of drug-likeness (QED) is 0.483. The van der Waals surface area contributed by atoms with E-state index in [1.807, 2.05) is 25.1 Å². The van der Waals surface area contributed by atoms with Crippen LogP contribution in [0.2, 0.25) is 0 Å². The molecule has 0 saturated heterocycles. The Kier molecular flexibility index (Phi) is 6.19. The zero-order valence-corrected chi connectivity index (χ0v) is 18.0. The number of carboxylic acid groups (broad SMARTS) is 1. The lowest BCUT2D eigenvalue weighted by atomic mass is 10.0. The molecule has 5 nitrogen and oxygen atoms in total. The molecule has 4 rings (SSSR count). The predicted molar refractivity (Wildman–Crippen MR) is 118 cm³/mol. The third kappa shape index (κ3) is 4.34. The van der Waals surface area contributed by atoms with Crippen molar-refractivity contribution in [3.05, 3.63) is 53.1 Å². The van der Waals surface area contributed by atoms with E-state index in [1.165, 1.54) is 11.3 Å². The first-order chi connectivity index (χ1) is 15.4. The van der Waals surface area contributed by atoms with Gasteiger partial charge < -0.3 is 9.84 Å². The molecule has 0 spiro atoms. The highest BCUT2D eigenvalue weighted by molar-refractivity contribution is 7.17. The predicted octanol–water partition coefficient (Wildman–Crippen LogP) is 5.04. The molecule has 2 aromatic carbocycles. The number of terminal acetylenes is 1. The first-order valence-corrected chi connectivity index (χ1v) is 10.8. The van der Waals surface area contributed by atoms with Crippen LogP contribution in [0.1, 0.15) is 29.0 Å². The van der Waals surface area contributed by atoms with E-state index < -0.39 is 25.4 Å². The van der Waals surface area contributed by atoms with Crippen molar-refractivity contribution < 1.29 is 23.4 Å². The minimum Gasteiger partial charge on any atom is -0.484 e. The summed E-state index contributed by atoms with van der Waals surface area (Å²) in [5, 5.41) is 19.1. The molecule has 0 amide bonds. The van der Waals surface area contributed by atoms with Crippen molar-refractivity contribution in [3.63, 3.8) is 0 Å². The van der Waals surface area contributed by atoms with Gasteiger partial charge in [0.15, 0.2) is 6.10 Å². The molecular weight excluding hydrogens is 434 g/mol. The molecule has 1 fully saturated rings. The molecule has 0 aliphatic heterocycles. The Labute approximate surface area is 188 Å². The maximum Gasteiger partial charge on any atom is 0.307 e. The molecule has 2 atom stereocenters. The number of hydrogen-bond donors (Lipinski definition) is 1. The summed E-state index contributed by atoms with van der Waals surface area (Å²) in [5.41, 5.74) is 4.05. The molecule has 2 unspecified atom stereocenters. The van der Waals surface area contributed by atoms with Gasteiger partial charge in [0, 0.05) is 11.1 Å². The number of ether oxygens (including phenoxy) is 1. The second-order valence-corrected chi connectivity index (χ2v) is 8.65. The zero-order chi connectivity index (χ0) is 22.8. The lowest BCUT2D eigenvalue weighted by molar-refractivity contribution is -0.138. The van der Waals surface area contributed by atoms with Gasteiger partial charge in [0.1, 0.15) is 29.1 Å². The van der Waals surface area contributed by atoms with E-state index in [0.717, 1.165) is 27.3 Å². The topological polar surface area (TPSA) is 72.3 Å². The van der Waals surface area contributed by atoms with E-state index >= 15 is 0 Å². The fourth-order valence-corrected chi connectivity index (χ4v) is 4.54. The van der Waals surface area contributed by atoms with Crippen LogP contribution < -0.4 is 4.74 Å². The summed E-state index contributed by atoms with van der Waals surface area (Å²) in [5.74, 6) is 1.75. The van der Waals surface area contributed by atoms with Crippen molar-refractivity contribution in [2.24, 2.45) is 5.92 Å². The number of hydrogen-bond acceptors (Lipinski definition) is 5. The van der Waals surface area contributed by atoms with E-state index in [2.05, 4.69) is 16.1 Å². The van der Waals surface area contributed by atoms with Gasteiger partial charge in [-0.15, -0.1) is 16.6 Å². The molecule has 1 aliphatic carbocycles. The smallest absolute Gasteiger partial charge is 0.307 e.